The quantitative estimate of drug-likeness (QED) is 0.191. The number of ether oxygens (including phenoxy) is 2. The molecule has 0 atom stereocenters. The zero-order valence-electron chi connectivity index (χ0n) is 20.3. The summed E-state index contributed by atoms with van der Waals surface area (Å²) in [6.07, 6.45) is 2.61. The Bertz CT molecular complexity index is 1340. The van der Waals surface area contributed by atoms with E-state index in [1.807, 2.05) is 77.4 Å². The van der Waals surface area contributed by atoms with Gasteiger partial charge in [-0.3, -0.25) is 9.36 Å². The summed E-state index contributed by atoms with van der Waals surface area (Å²) in [6, 6.07) is 23.4. The van der Waals surface area contributed by atoms with Crippen molar-refractivity contribution in [1.29, 1.82) is 0 Å². The Labute approximate surface area is 214 Å². The first-order valence-electron chi connectivity index (χ1n) is 11.4. The molecule has 0 fully saturated rings. The van der Waals surface area contributed by atoms with E-state index in [4.69, 9.17) is 9.47 Å². The van der Waals surface area contributed by atoms with Gasteiger partial charge in [0.2, 0.25) is 0 Å². The Kier molecular flexibility index (Phi) is 8.36. The predicted molar refractivity (Wildman–Crippen MR) is 142 cm³/mol. The Morgan fingerprint density at radius 3 is 2.44 bits per heavy atom. The molecule has 1 amide bonds. The van der Waals surface area contributed by atoms with Crippen LogP contribution in [0.3, 0.4) is 0 Å². The van der Waals surface area contributed by atoms with Crippen LogP contribution in [-0.4, -0.2) is 46.9 Å². The van der Waals surface area contributed by atoms with Gasteiger partial charge in [0.15, 0.2) is 22.5 Å². The second-order valence-electron chi connectivity index (χ2n) is 7.72. The van der Waals surface area contributed by atoms with E-state index in [1.54, 1.807) is 20.4 Å². The summed E-state index contributed by atoms with van der Waals surface area (Å²) in [4.78, 5) is 12.5. The second kappa shape index (κ2) is 12.0. The standard InChI is InChI=1S/C27H27N5O3S/c1-4-19-10-12-20(13-11-19)17-28-29-25(33)18-36-27-31-30-26(32(27)22-8-6-5-7-9-22)21-14-15-23(34-2)24(16-21)35-3/h5-17H,4,18H2,1-3H3,(H,29,33)/b28-17-. The van der Waals surface area contributed by atoms with Crippen molar-refractivity contribution in [1.82, 2.24) is 20.2 Å². The SMILES string of the molecule is CCc1ccc(/C=N\NC(=O)CSc2nnc(-c3ccc(OC)c(OC)c3)n2-c2ccccc2)cc1. The van der Waals surface area contributed by atoms with Gasteiger partial charge in [0.05, 0.1) is 26.2 Å². The number of aromatic nitrogens is 3. The van der Waals surface area contributed by atoms with Gasteiger partial charge in [-0.25, -0.2) is 5.43 Å². The number of nitrogens with zero attached hydrogens (tertiary/aromatic N) is 4. The molecule has 4 rings (SSSR count). The number of para-hydroxylation sites is 1. The molecule has 4 aromatic rings. The second-order valence-corrected chi connectivity index (χ2v) is 8.67. The predicted octanol–water partition coefficient (Wildman–Crippen LogP) is 4.76. The molecular formula is C27H27N5O3S. The number of carbonyl (C=O) groups is 1. The molecule has 0 unspecified atom stereocenters. The minimum atomic E-state index is -0.239. The highest BCUT2D eigenvalue weighted by Crippen LogP contribution is 2.34. The smallest absolute Gasteiger partial charge is 0.250 e. The number of hydrogen-bond acceptors (Lipinski definition) is 7. The maximum Gasteiger partial charge on any atom is 0.250 e. The van der Waals surface area contributed by atoms with Crippen molar-refractivity contribution in [2.45, 2.75) is 18.5 Å². The van der Waals surface area contributed by atoms with Crippen molar-refractivity contribution in [3.05, 3.63) is 83.9 Å². The molecular weight excluding hydrogens is 474 g/mol. The van der Waals surface area contributed by atoms with Crippen molar-refractivity contribution < 1.29 is 14.3 Å². The van der Waals surface area contributed by atoms with Crippen LogP contribution < -0.4 is 14.9 Å². The lowest BCUT2D eigenvalue weighted by molar-refractivity contribution is -0.118. The van der Waals surface area contributed by atoms with E-state index < -0.39 is 0 Å². The Morgan fingerprint density at radius 2 is 1.75 bits per heavy atom. The number of nitrogens with one attached hydrogen (secondary N) is 1. The highest BCUT2D eigenvalue weighted by Gasteiger charge is 2.18. The van der Waals surface area contributed by atoms with E-state index in [0.29, 0.717) is 22.5 Å². The zero-order chi connectivity index (χ0) is 25.3. The van der Waals surface area contributed by atoms with Crippen molar-refractivity contribution in [3.63, 3.8) is 0 Å². The van der Waals surface area contributed by atoms with Gasteiger partial charge in [-0.05, 0) is 47.9 Å². The molecule has 36 heavy (non-hydrogen) atoms. The van der Waals surface area contributed by atoms with Crippen LogP contribution in [0.15, 0.2) is 83.1 Å². The van der Waals surface area contributed by atoms with Crippen LogP contribution in [0.2, 0.25) is 0 Å². The summed E-state index contributed by atoms with van der Waals surface area (Å²) in [5.41, 5.74) is 6.43. The molecule has 3 aromatic carbocycles. The number of thioether (sulfide) groups is 1. The number of hydrogen-bond donors (Lipinski definition) is 1. The third kappa shape index (κ3) is 5.92. The topological polar surface area (TPSA) is 90.6 Å². The van der Waals surface area contributed by atoms with Crippen LogP contribution in [0.1, 0.15) is 18.1 Å². The lowest BCUT2D eigenvalue weighted by atomic mass is 10.1. The zero-order valence-corrected chi connectivity index (χ0v) is 21.2. The van der Waals surface area contributed by atoms with Crippen molar-refractivity contribution >= 4 is 23.9 Å². The summed E-state index contributed by atoms with van der Waals surface area (Å²) in [5, 5.41) is 13.4. The molecule has 0 spiro atoms. The van der Waals surface area contributed by atoms with E-state index in [0.717, 1.165) is 23.2 Å². The Morgan fingerprint density at radius 1 is 1.00 bits per heavy atom. The number of rotatable bonds is 10. The number of carbonyl (C=O) groups excluding carboxylic acids is 1. The highest BCUT2D eigenvalue weighted by molar-refractivity contribution is 7.99. The van der Waals surface area contributed by atoms with Gasteiger partial charge in [0, 0.05) is 11.3 Å². The van der Waals surface area contributed by atoms with Crippen molar-refractivity contribution in [2.75, 3.05) is 20.0 Å². The van der Waals surface area contributed by atoms with Crippen LogP contribution in [0.25, 0.3) is 17.1 Å². The van der Waals surface area contributed by atoms with Crippen LogP contribution in [-0.2, 0) is 11.2 Å². The lowest BCUT2D eigenvalue weighted by Crippen LogP contribution is -2.20. The summed E-state index contributed by atoms with van der Waals surface area (Å²) in [6.45, 7) is 2.11. The Balaban J connectivity index is 1.51. The minimum Gasteiger partial charge on any atom is -0.493 e. The maximum atomic E-state index is 12.5. The first-order valence-corrected chi connectivity index (χ1v) is 12.4. The molecule has 1 aromatic heterocycles. The van der Waals surface area contributed by atoms with E-state index in [9.17, 15) is 4.79 Å². The minimum absolute atomic E-state index is 0.128. The fourth-order valence-electron chi connectivity index (χ4n) is 3.52. The maximum absolute atomic E-state index is 12.5. The van der Waals surface area contributed by atoms with E-state index >= 15 is 0 Å². The molecule has 0 radical (unpaired) electrons. The van der Waals surface area contributed by atoms with Crippen molar-refractivity contribution in [3.8, 4) is 28.6 Å². The number of aryl methyl sites for hydroxylation is 1. The molecule has 1 N–H and O–H groups in total. The molecule has 0 aliphatic rings. The molecule has 9 heteroatoms. The average Bonchev–Trinajstić information content (AvgIpc) is 3.36. The first-order chi connectivity index (χ1) is 17.6. The molecule has 0 bridgehead atoms. The third-order valence-corrected chi connectivity index (χ3v) is 6.34. The molecule has 1 heterocycles. The van der Waals surface area contributed by atoms with E-state index in [-0.39, 0.29) is 11.7 Å². The van der Waals surface area contributed by atoms with Gasteiger partial charge >= 0.3 is 0 Å². The van der Waals surface area contributed by atoms with Crippen LogP contribution in [0.5, 0.6) is 11.5 Å². The first kappa shape index (κ1) is 25.0. The number of benzene rings is 3. The van der Waals surface area contributed by atoms with Gasteiger partial charge in [-0.2, -0.15) is 5.10 Å². The molecule has 0 saturated carbocycles. The molecule has 8 nitrogen and oxygen atoms in total. The monoisotopic (exact) mass is 501 g/mol. The van der Waals surface area contributed by atoms with Gasteiger partial charge in [-0.15, -0.1) is 10.2 Å². The van der Waals surface area contributed by atoms with Gasteiger partial charge < -0.3 is 9.47 Å². The van der Waals surface area contributed by atoms with Crippen LogP contribution in [0, 0.1) is 0 Å². The number of amides is 1. The number of methoxy groups -OCH3 is 2. The average molecular weight is 502 g/mol. The van der Waals surface area contributed by atoms with Crippen LogP contribution >= 0.6 is 11.8 Å². The third-order valence-electron chi connectivity index (χ3n) is 5.41. The van der Waals surface area contributed by atoms with E-state index in [1.165, 1.54) is 17.3 Å². The lowest BCUT2D eigenvalue weighted by Gasteiger charge is -2.12. The van der Waals surface area contributed by atoms with Crippen molar-refractivity contribution in [2.24, 2.45) is 5.10 Å². The summed E-state index contributed by atoms with van der Waals surface area (Å²) in [7, 11) is 3.18. The summed E-state index contributed by atoms with van der Waals surface area (Å²) in [5.74, 6) is 1.73. The Hall–Kier alpha value is -4.11. The van der Waals surface area contributed by atoms with E-state index in [2.05, 4.69) is 27.6 Å². The van der Waals surface area contributed by atoms with Gasteiger partial charge in [0.25, 0.3) is 5.91 Å². The summed E-state index contributed by atoms with van der Waals surface area (Å²) >= 11 is 1.28. The largest absolute Gasteiger partial charge is 0.493 e. The molecule has 184 valence electrons. The molecule has 0 aliphatic heterocycles. The fourth-order valence-corrected chi connectivity index (χ4v) is 4.26. The van der Waals surface area contributed by atoms with Gasteiger partial charge in [0.1, 0.15) is 0 Å². The van der Waals surface area contributed by atoms with Crippen LogP contribution in [0.4, 0.5) is 0 Å². The molecule has 0 aliphatic carbocycles. The number of hydrazone groups is 1. The normalized spacial score (nSPS) is 11.0. The fraction of sp³-hybridized carbons (Fsp3) is 0.185. The summed E-state index contributed by atoms with van der Waals surface area (Å²) < 4.78 is 12.7. The van der Waals surface area contributed by atoms with Gasteiger partial charge in [-0.1, -0.05) is 61.2 Å². The molecule has 0 saturated heterocycles. The highest BCUT2D eigenvalue weighted by atomic mass is 32.2.